The molecule has 0 radical (unpaired) electrons. The summed E-state index contributed by atoms with van der Waals surface area (Å²) in [5.41, 5.74) is 0.734. The smallest absolute Gasteiger partial charge is 0.228 e. The normalized spacial score (nSPS) is 12.6. The van der Waals surface area contributed by atoms with E-state index in [9.17, 15) is 4.79 Å². The van der Waals surface area contributed by atoms with Crippen LogP contribution in [0, 0.1) is 0 Å². The topological polar surface area (TPSA) is 17.1 Å². The summed E-state index contributed by atoms with van der Waals surface area (Å²) in [7, 11) is 0. The van der Waals surface area contributed by atoms with E-state index in [1.165, 1.54) is 0 Å². The first kappa shape index (κ1) is 10.8. The fourth-order valence-corrected chi connectivity index (χ4v) is 1.63. The van der Waals surface area contributed by atoms with Crippen LogP contribution in [-0.4, -0.2) is 5.24 Å². The molecule has 0 aromatic heterocycles. The average molecular weight is 238 g/mol. The molecule has 1 atom stereocenters. The van der Waals surface area contributed by atoms with Crippen molar-refractivity contribution in [3.8, 4) is 0 Å². The standard InChI is InChI=1S/C9H7Cl3O/c1-5(9(12)13)6-2-7(10)4-8(11)3-6/h2-5H,1H3. The molecule has 1 rings (SSSR count). The zero-order valence-corrected chi connectivity index (χ0v) is 9.12. The Morgan fingerprint density at radius 3 is 2.08 bits per heavy atom. The van der Waals surface area contributed by atoms with E-state index in [0.29, 0.717) is 10.0 Å². The second-order valence-corrected chi connectivity index (χ2v) is 3.97. The Bertz CT molecular complexity index is 315. The zero-order chi connectivity index (χ0) is 10.0. The van der Waals surface area contributed by atoms with Gasteiger partial charge in [0.1, 0.15) is 0 Å². The van der Waals surface area contributed by atoms with E-state index in [-0.39, 0.29) is 5.92 Å². The number of carbonyl (C=O) groups is 1. The molecule has 4 heteroatoms. The van der Waals surface area contributed by atoms with Gasteiger partial charge in [0.05, 0.1) is 5.92 Å². The van der Waals surface area contributed by atoms with Gasteiger partial charge in [-0.3, -0.25) is 4.79 Å². The molecule has 0 spiro atoms. The van der Waals surface area contributed by atoms with Crippen LogP contribution in [0.15, 0.2) is 18.2 Å². The first-order valence-electron chi connectivity index (χ1n) is 3.66. The molecule has 0 aliphatic carbocycles. The Hall–Kier alpha value is -0.240. The van der Waals surface area contributed by atoms with Crippen molar-refractivity contribution in [2.24, 2.45) is 0 Å². The Labute approximate surface area is 91.6 Å². The third-order valence-electron chi connectivity index (χ3n) is 1.73. The van der Waals surface area contributed by atoms with Gasteiger partial charge in [0.2, 0.25) is 5.24 Å². The van der Waals surface area contributed by atoms with Crippen LogP contribution in [0.5, 0.6) is 0 Å². The van der Waals surface area contributed by atoms with Gasteiger partial charge in [-0.1, -0.05) is 30.1 Å². The maximum atomic E-state index is 10.8. The van der Waals surface area contributed by atoms with Gasteiger partial charge in [-0.15, -0.1) is 0 Å². The number of halogens is 3. The summed E-state index contributed by atoms with van der Waals surface area (Å²) in [6, 6.07) is 4.97. The summed E-state index contributed by atoms with van der Waals surface area (Å²) in [6.07, 6.45) is 0. The van der Waals surface area contributed by atoms with E-state index in [2.05, 4.69) is 0 Å². The molecule has 0 amide bonds. The third kappa shape index (κ3) is 2.87. The van der Waals surface area contributed by atoms with Crippen molar-refractivity contribution in [1.82, 2.24) is 0 Å². The lowest BCUT2D eigenvalue weighted by Gasteiger charge is -2.07. The van der Waals surface area contributed by atoms with Crippen molar-refractivity contribution in [2.75, 3.05) is 0 Å². The maximum Gasteiger partial charge on any atom is 0.228 e. The van der Waals surface area contributed by atoms with Crippen molar-refractivity contribution in [2.45, 2.75) is 12.8 Å². The second kappa shape index (κ2) is 4.32. The highest BCUT2D eigenvalue weighted by molar-refractivity contribution is 6.64. The molecule has 1 aromatic rings. The monoisotopic (exact) mass is 236 g/mol. The predicted molar refractivity (Wildman–Crippen MR) is 55.7 cm³/mol. The van der Waals surface area contributed by atoms with Crippen molar-refractivity contribution in [3.63, 3.8) is 0 Å². The molecule has 1 unspecified atom stereocenters. The Balaban J connectivity index is 3.07. The predicted octanol–water partition coefficient (Wildman–Crippen LogP) is 3.86. The number of carbonyl (C=O) groups excluding carboxylic acids is 1. The summed E-state index contributed by atoms with van der Waals surface area (Å²) in [6.45, 7) is 1.71. The van der Waals surface area contributed by atoms with Crippen molar-refractivity contribution in [3.05, 3.63) is 33.8 Å². The minimum atomic E-state index is -0.418. The van der Waals surface area contributed by atoms with Gasteiger partial charge < -0.3 is 0 Å². The van der Waals surface area contributed by atoms with E-state index < -0.39 is 5.24 Å². The SMILES string of the molecule is CC(C(=O)Cl)c1cc(Cl)cc(Cl)c1. The molecule has 0 aliphatic heterocycles. The van der Waals surface area contributed by atoms with Crippen LogP contribution in [0.3, 0.4) is 0 Å². The highest BCUT2D eigenvalue weighted by Gasteiger charge is 2.13. The fraction of sp³-hybridized carbons (Fsp3) is 0.222. The largest absolute Gasteiger partial charge is 0.281 e. The van der Waals surface area contributed by atoms with Crippen LogP contribution in [0.2, 0.25) is 10.0 Å². The molecule has 0 aliphatic rings. The summed E-state index contributed by atoms with van der Waals surface area (Å²) in [5.74, 6) is -0.377. The van der Waals surface area contributed by atoms with Gasteiger partial charge in [0.25, 0.3) is 0 Å². The lowest BCUT2D eigenvalue weighted by Crippen LogP contribution is -2.01. The second-order valence-electron chi connectivity index (χ2n) is 2.73. The summed E-state index contributed by atoms with van der Waals surface area (Å²) < 4.78 is 0. The van der Waals surface area contributed by atoms with E-state index in [1.807, 2.05) is 0 Å². The van der Waals surface area contributed by atoms with Crippen LogP contribution in [-0.2, 0) is 4.79 Å². The van der Waals surface area contributed by atoms with Crippen LogP contribution in [0.1, 0.15) is 18.4 Å². The number of hydrogen-bond donors (Lipinski definition) is 0. The number of benzene rings is 1. The van der Waals surface area contributed by atoms with Gasteiger partial charge in [-0.25, -0.2) is 0 Å². The molecular weight excluding hydrogens is 230 g/mol. The van der Waals surface area contributed by atoms with E-state index in [0.717, 1.165) is 5.56 Å². The van der Waals surface area contributed by atoms with Crippen molar-refractivity contribution >= 4 is 40.0 Å². The molecule has 1 nitrogen and oxygen atoms in total. The minimum Gasteiger partial charge on any atom is -0.281 e. The minimum absolute atomic E-state index is 0.377. The van der Waals surface area contributed by atoms with Crippen LogP contribution in [0.25, 0.3) is 0 Å². The Kier molecular flexibility index (Phi) is 3.60. The number of rotatable bonds is 2. The molecule has 0 heterocycles. The van der Waals surface area contributed by atoms with E-state index in [4.69, 9.17) is 34.8 Å². The summed E-state index contributed by atoms with van der Waals surface area (Å²) >= 11 is 16.9. The molecule has 0 bridgehead atoms. The summed E-state index contributed by atoms with van der Waals surface area (Å²) in [4.78, 5) is 10.8. The number of hydrogen-bond acceptors (Lipinski definition) is 1. The first-order valence-corrected chi connectivity index (χ1v) is 4.79. The van der Waals surface area contributed by atoms with Crippen molar-refractivity contribution in [1.29, 1.82) is 0 Å². The molecule has 1 aromatic carbocycles. The Morgan fingerprint density at radius 1 is 1.23 bits per heavy atom. The molecule has 0 fully saturated rings. The van der Waals surface area contributed by atoms with Crippen LogP contribution >= 0.6 is 34.8 Å². The van der Waals surface area contributed by atoms with Gasteiger partial charge >= 0.3 is 0 Å². The maximum absolute atomic E-state index is 10.8. The lowest BCUT2D eigenvalue weighted by atomic mass is 10.0. The highest BCUT2D eigenvalue weighted by Crippen LogP contribution is 2.25. The fourth-order valence-electron chi connectivity index (χ4n) is 0.956. The van der Waals surface area contributed by atoms with Crippen LogP contribution < -0.4 is 0 Å². The quantitative estimate of drug-likeness (QED) is 0.714. The van der Waals surface area contributed by atoms with Gasteiger partial charge in [-0.05, 0) is 35.4 Å². The summed E-state index contributed by atoms with van der Waals surface area (Å²) in [5, 5.41) is 0.595. The van der Waals surface area contributed by atoms with Gasteiger partial charge in [0, 0.05) is 10.0 Å². The van der Waals surface area contributed by atoms with E-state index >= 15 is 0 Å². The molecule has 0 N–H and O–H groups in total. The Morgan fingerprint density at radius 2 is 1.69 bits per heavy atom. The van der Waals surface area contributed by atoms with Gasteiger partial charge in [-0.2, -0.15) is 0 Å². The highest BCUT2D eigenvalue weighted by atomic mass is 35.5. The molecular formula is C9H7Cl3O. The molecule has 13 heavy (non-hydrogen) atoms. The van der Waals surface area contributed by atoms with Gasteiger partial charge in [0.15, 0.2) is 0 Å². The van der Waals surface area contributed by atoms with Crippen molar-refractivity contribution < 1.29 is 4.79 Å². The average Bonchev–Trinajstić information content (AvgIpc) is 2.01. The lowest BCUT2D eigenvalue weighted by molar-refractivity contribution is -0.112. The van der Waals surface area contributed by atoms with Crippen LogP contribution in [0.4, 0.5) is 0 Å². The van der Waals surface area contributed by atoms with E-state index in [1.54, 1.807) is 25.1 Å². The first-order chi connectivity index (χ1) is 6.00. The molecule has 0 saturated carbocycles. The molecule has 70 valence electrons. The zero-order valence-electron chi connectivity index (χ0n) is 6.85. The third-order valence-corrected chi connectivity index (χ3v) is 2.49. The molecule has 0 saturated heterocycles.